The standard InChI is InChI=1S/C16H24N6O2/c1-11-17-15(23-19-11)10-21(2)13-4-3-7-22(8-13)9-14-18-16(24-20-14)12-5-6-12/h12-13H,3-10H2,1-2H3/t13-/m0/s1. The third-order valence-corrected chi connectivity index (χ3v) is 4.83. The van der Waals surface area contributed by atoms with Gasteiger partial charge in [0.15, 0.2) is 11.6 Å². The van der Waals surface area contributed by atoms with Gasteiger partial charge in [0.25, 0.3) is 0 Å². The number of piperidine rings is 1. The Morgan fingerprint density at radius 2 is 2.04 bits per heavy atom. The number of aryl methyl sites for hydroxylation is 1. The van der Waals surface area contributed by atoms with Gasteiger partial charge in [0.1, 0.15) is 0 Å². The molecule has 1 atom stereocenters. The smallest absolute Gasteiger partial charge is 0.240 e. The lowest BCUT2D eigenvalue weighted by molar-refractivity contribution is 0.0972. The fourth-order valence-electron chi connectivity index (χ4n) is 3.31. The number of hydrogen-bond acceptors (Lipinski definition) is 8. The molecule has 0 radical (unpaired) electrons. The van der Waals surface area contributed by atoms with E-state index in [9.17, 15) is 0 Å². The van der Waals surface area contributed by atoms with Crippen molar-refractivity contribution < 1.29 is 9.05 Å². The highest BCUT2D eigenvalue weighted by Crippen LogP contribution is 2.38. The SMILES string of the molecule is Cc1noc(CN(C)[C@H]2CCCN(Cc3noc(C4CC4)n3)C2)n1. The van der Waals surface area contributed by atoms with E-state index in [-0.39, 0.29) is 0 Å². The maximum Gasteiger partial charge on any atom is 0.240 e. The summed E-state index contributed by atoms with van der Waals surface area (Å²) in [6, 6.07) is 0.473. The van der Waals surface area contributed by atoms with Crippen LogP contribution >= 0.6 is 0 Å². The van der Waals surface area contributed by atoms with Gasteiger partial charge in [-0.1, -0.05) is 10.3 Å². The highest BCUT2D eigenvalue weighted by atomic mass is 16.5. The molecule has 24 heavy (non-hydrogen) atoms. The number of likely N-dealkylation sites (tertiary alicyclic amines) is 1. The molecular formula is C16H24N6O2. The van der Waals surface area contributed by atoms with Gasteiger partial charge in [0, 0.05) is 18.5 Å². The summed E-state index contributed by atoms with van der Waals surface area (Å²) >= 11 is 0. The zero-order valence-corrected chi connectivity index (χ0v) is 14.3. The van der Waals surface area contributed by atoms with Crippen molar-refractivity contribution in [3.63, 3.8) is 0 Å². The molecule has 2 fully saturated rings. The molecule has 1 aliphatic carbocycles. The van der Waals surface area contributed by atoms with E-state index >= 15 is 0 Å². The average Bonchev–Trinajstić information content (AvgIpc) is 3.19. The van der Waals surface area contributed by atoms with Crippen molar-refractivity contribution in [3.05, 3.63) is 23.4 Å². The Kier molecular flexibility index (Phi) is 4.32. The Bertz CT molecular complexity index is 680. The summed E-state index contributed by atoms with van der Waals surface area (Å²) in [6.07, 6.45) is 4.73. The van der Waals surface area contributed by atoms with Gasteiger partial charge in [-0.15, -0.1) is 0 Å². The first-order valence-corrected chi connectivity index (χ1v) is 8.71. The van der Waals surface area contributed by atoms with Crippen molar-refractivity contribution in [1.29, 1.82) is 0 Å². The van der Waals surface area contributed by atoms with Gasteiger partial charge in [-0.05, 0) is 46.2 Å². The van der Waals surface area contributed by atoms with E-state index in [0.29, 0.717) is 30.2 Å². The predicted molar refractivity (Wildman–Crippen MR) is 85.1 cm³/mol. The molecule has 8 nitrogen and oxygen atoms in total. The van der Waals surface area contributed by atoms with Gasteiger partial charge in [-0.25, -0.2) is 0 Å². The monoisotopic (exact) mass is 332 g/mol. The molecule has 0 aromatic carbocycles. The predicted octanol–water partition coefficient (Wildman–Crippen LogP) is 1.73. The quantitative estimate of drug-likeness (QED) is 0.791. The van der Waals surface area contributed by atoms with Crippen LogP contribution in [0.2, 0.25) is 0 Å². The van der Waals surface area contributed by atoms with Crippen molar-refractivity contribution >= 4 is 0 Å². The van der Waals surface area contributed by atoms with E-state index in [1.54, 1.807) is 0 Å². The summed E-state index contributed by atoms with van der Waals surface area (Å²) < 4.78 is 10.6. The second-order valence-corrected chi connectivity index (χ2v) is 7.00. The van der Waals surface area contributed by atoms with Gasteiger partial charge < -0.3 is 9.05 Å². The van der Waals surface area contributed by atoms with E-state index < -0.39 is 0 Å². The summed E-state index contributed by atoms with van der Waals surface area (Å²) in [6.45, 7) is 5.37. The number of rotatable bonds is 6. The molecule has 130 valence electrons. The third kappa shape index (κ3) is 3.64. The van der Waals surface area contributed by atoms with E-state index in [0.717, 1.165) is 31.3 Å². The molecule has 0 unspecified atom stereocenters. The lowest BCUT2D eigenvalue weighted by Gasteiger charge is -2.36. The number of hydrogen-bond donors (Lipinski definition) is 0. The summed E-state index contributed by atoms with van der Waals surface area (Å²) in [5.74, 6) is 3.52. The second-order valence-electron chi connectivity index (χ2n) is 7.00. The Morgan fingerprint density at radius 3 is 2.79 bits per heavy atom. The van der Waals surface area contributed by atoms with Gasteiger partial charge in [-0.2, -0.15) is 9.97 Å². The molecular weight excluding hydrogens is 308 g/mol. The van der Waals surface area contributed by atoms with E-state index in [1.807, 2.05) is 6.92 Å². The van der Waals surface area contributed by atoms with Crippen LogP contribution in [0, 0.1) is 6.92 Å². The van der Waals surface area contributed by atoms with Crippen LogP contribution in [0.4, 0.5) is 0 Å². The molecule has 1 aliphatic heterocycles. The minimum Gasteiger partial charge on any atom is -0.339 e. The molecule has 2 aromatic rings. The summed E-state index contributed by atoms with van der Waals surface area (Å²) in [4.78, 5) is 13.5. The molecule has 2 aliphatic rings. The summed E-state index contributed by atoms with van der Waals surface area (Å²) in [7, 11) is 2.12. The molecule has 0 amide bonds. The van der Waals surface area contributed by atoms with Crippen LogP contribution in [0.3, 0.4) is 0 Å². The third-order valence-electron chi connectivity index (χ3n) is 4.83. The van der Waals surface area contributed by atoms with Crippen molar-refractivity contribution in [2.45, 2.75) is 57.7 Å². The average molecular weight is 332 g/mol. The van der Waals surface area contributed by atoms with Crippen molar-refractivity contribution in [1.82, 2.24) is 30.1 Å². The molecule has 8 heteroatoms. The highest BCUT2D eigenvalue weighted by molar-refractivity contribution is 5.02. The normalized spacial score (nSPS) is 22.4. The molecule has 0 bridgehead atoms. The number of aromatic nitrogens is 4. The van der Waals surface area contributed by atoms with Crippen LogP contribution in [0.5, 0.6) is 0 Å². The van der Waals surface area contributed by atoms with Gasteiger partial charge in [-0.3, -0.25) is 9.80 Å². The Balaban J connectivity index is 1.32. The van der Waals surface area contributed by atoms with E-state index in [2.05, 4.69) is 37.1 Å². The maximum atomic E-state index is 5.36. The molecule has 1 saturated carbocycles. The van der Waals surface area contributed by atoms with Crippen LogP contribution in [0.15, 0.2) is 9.05 Å². The molecule has 2 aromatic heterocycles. The Morgan fingerprint density at radius 1 is 1.17 bits per heavy atom. The molecule has 3 heterocycles. The van der Waals surface area contributed by atoms with Crippen LogP contribution in [-0.2, 0) is 13.1 Å². The minimum atomic E-state index is 0.473. The van der Waals surface area contributed by atoms with E-state index in [4.69, 9.17) is 9.05 Å². The first-order valence-electron chi connectivity index (χ1n) is 8.71. The van der Waals surface area contributed by atoms with Crippen LogP contribution in [0.1, 0.15) is 55.0 Å². The first-order chi connectivity index (χ1) is 11.7. The first kappa shape index (κ1) is 15.7. The summed E-state index contributed by atoms with van der Waals surface area (Å²) in [5.41, 5.74) is 0. The lowest BCUT2D eigenvalue weighted by Crippen LogP contribution is -2.45. The fraction of sp³-hybridized carbons (Fsp3) is 0.750. The fourth-order valence-corrected chi connectivity index (χ4v) is 3.31. The largest absolute Gasteiger partial charge is 0.339 e. The molecule has 0 N–H and O–H groups in total. The zero-order chi connectivity index (χ0) is 16.5. The maximum absolute atomic E-state index is 5.36. The second kappa shape index (κ2) is 6.60. The van der Waals surface area contributed by atoms with Crippen LogP contribution in [-0.4, -0.2) is 56.3 Å². The number of nitrogens with zero attached hydrogens (tertiary/aromatic N) is 6. The van der Waals surface area contributed by atoms with Crippen molar-refractivity contribution in [2.75, 3.05) is 20.1 Å². The van der Waals surface area contributed by atoms with E-state index in [1.165, 1.54) is 25.7 Å². The van der Waals surface area contributed by atoms with Crippen molar-refractivity contribution in [2.24, 2.45) is 0 Å². The Labute approximate surface area is 141 Å². The van der Waals surface area contributed by atoms with Gasteiger partial charge in [0.05, 0.1) is 13.1 Å². The number of likely N-dealkylation sites (N-methyl/N-ethyl adjacent to an activating group) is 1. The summed E-state index contributed by atoms with van der Waals surface area (Å²) in [5, 5.41) is 7.99. The topological polar surface area (TPSA) is 84.3 Å². The lowest BCUT2D eigenvalue weighted by atomic mass is 10.0. The molecule has 1 saturated heterocycles. The highest BCUT2D eigenvalue weighted by Gasteiger charge is 2.30. The molecule has 0 spiro atoms. The van der Waals surface area contributed by atoms with Crippen LogP contribution in [0.25, 0.3) is 0 Å². The minimum absolute atomic E-state index is 0.473. The zero-order valence-electron chi connectivity index (χ0n) is 14.3. The van der Waals surface area contributed by atoms with Crippen molar-refractivity contribution in [3.8, 4) is 0 Å². The Hall–Kier alpha value is -1.80. The van der Waals surface area contributed by atoms with Crippen LogP contribution < -0.4 is 0 Å². The van der Waals surface area contributed by atoms with Gasteiger partial charge >= 0.3 is 0 Å². The molecule has 4 rings (SSSR count). The van der Waals surface area contributed by atoms with Gasteiger partial charge in [0.2, 0.25) is 11.8 Å².